The van der Waals surface area contributed by atoms with Crippen LogP contribution in [0.2, 0.25) is 0 Å². The first-order valence-electron chi connectivity index (χ1n) is 6.24. The molecule has 19 heavy (non-hydrogen) atoms. The Morgan fingerprint density at radius 2 is 1.53 bits per heavy atom. The Balaban J connectivity index is 0.000000258. The molecule has 1 aromatic rings. The van der Waals surface area contributed by atoms with Crippen LogP contribution in [0.15, 0.2) is 30.3 Å². The van der Waals surface area contributed by atoms with Crippen molar-refractivity contribution in [2.75, 3.05) is 6.54 Å². The van der Waals surface area contributed by atoms with Gasteiger partial charge in [0, 0.05) is 12.0 Å². The van der Waals surface area contributed by atoms with Crippen molar-refractivity contribution in [2.45, 2.75) is 31.1 Å². The fourth-order valence-electron chi connectivity index (χ4n) is 2.45. The lowest BCUT2D eigenvalue weighted by Crippen LogP contribution is -2.31. The second-order valence-electron chi connectivity index (χ2n) is 4.67. The van der Waals surface area contributed by atoms with E-state index >= 15 is 0 Å². The molecule has 0 unspecified atom stereocenters. The minimum absolute atomic E-state index is 0.307. The predicted molar refractivity (Wildman–Crippen MR) is 70.9 cm³/mol. The zero-order valence-electron chi connectivity index (χ0n) is 10.7. The first-order chi connectivity index (χ1) is 9.02. The van der Waals surface area contributed by atoms with Gasteiger partial charge >= 0.3 is 11.9 Å². The van der Waals surface area contributed by atoms with Crippen LogP contribution in [0.3, 0.4) is 0 Å². The maximum Gasteiger partial charge on any atom is 0.414 e. The van der Waals surface area contributed by atoms with Crippen LogP contribution in [-0.2, 0) is 15.0 Å². The van der Waals surface area contributed by atoms with E-state index in [1.807, 2.05) is 0 Å². The van der Waals surface area contributed by atoms with Crippen molar-refractivity contribution < 1.29 is 19.8 Å². The van der Waals surface area contributed by atoms with E-state index in [-0.39, 0.29) is 0 Å². The van der Waals surface area contributed by atoms with E-state index in [1.165, 1.54) is 31.2 Å². The second-order valence-corrected chi connectivity index (χ2v) is 4.67. The van der Waals surface area contributed by atoms with Crippen LogP contribution < -0.4 is 5.73 Å². The summed E-state index contributed by atoms with van der Waals surface area (Å²) in [5.41, 5.74) is 7.65. The van der Waals surface area contributed by atoms with Gasteiger partial charge in [0.25, 0.3) is 0 Å². The van der Waals surface area contributed by atoms with Crippen molar-refractivity contribution >= 4 is 11.9 Å². The van der Waals surface area contributed by atoms with E-state index in [1.54, 1.807) is 0 Å². The van der Waals surface area contributed by atoms with Gasteiger partial charge in [0.2, 0.25) is 0 Å². The van der Waals surface area contributed by atoms with Gasteiger partial charge in [-0.1, -0.05) is 43.2 Å². The Kier molecular flexibility index (Phi) is 5.51. The first kappa shape index (κ1) is 15.2. The average Bonchev–Trinajstić information content (AvgIpc) is 2.90. The van der Waals surface area contributed by atoms with Crippen LogP contribution in [-0.4, -0.2) is 28.7 Å². The SMILES string of the molecule is NCC1(c2ccccc2)CCCC1.O=C(O)C(=O)O. The van der Waals surface area contributed by atoms with Crippen LogP contribution in [0, 0.1) is 0 Å². The molecule has 0 bridgehead atoms. The monoisotopic (exact) mass is 265 g/mol. The normalized spacial score (nSPS) is 16.3. The van der Waals surface area contributed by atoms with E-state index < -0.39 is 11.9 Å². The summed E-state index contributed by atoms with van der Waals surface area (Å²) < 4.78 is 0. The molecule has 1 aliphatic carbocycles. The highest BCUT2D eigenvalue weighted by molar-refractivity contribution is 6.27. The van der Waals surface area contributed by atoms with Crippen LogP contribution >= 0.6 is 0 Å². The summed E-state index contributed by atoms with van der Waals surface area (Å²) in [6, 6.07) is 10.7. The van der Waals surface area contributed by atoms with E-state index in [0.717, 1.165) is 6.54 Å². The molecule has 1 aliphatic rings. The van der Waals surface area contributed by atoms with Gasteiger partial charge in [-0.05, 0) is 18.4 Å². The Labute approximate surface area is 112 Å². The van der Waals surface area contributed by atoms with E-state index in [0.29, 0.717) is 5.41 Å². The fraction of sp³-hybridized carbons (Fsp3) is 0.429. The predicted octanol–water partition coefficient (Wildman–Crippen LogP) is 1.61. The molecule has 0 aromatic heterocycles. The number of carboxylic acids is 2. The quantitative estimate of drug-likeness (QED) is 0.705. The van der Waals surface area contributed by atoms with E-state index in [2.05, 4.69) is 30.3 Å². The van der Waals surface area contributed by atoms with Crippen molar-refractivity contribution in [1.82, 2.24) is 0 Å². The number of rotatable bonds is 2. The summed E-state index contributed by atoms with van der Waals surface area (Å²) in [5.74, 6) is -3.65. The van der Waals surface area contributed by atoms with Gasteiger partial charge in [-0.3, -0.25) is 0 Å². The minimum atomic E-state index is -1.82. The molecule has 4 N–H and O–H groups in total. The Morgan fingerprint density at radius 1 is 1.05 bits per heavy atom. The van der Waals surface area contributed by atoms with Crippen LogP contribution in [0.5, 0.6) is 0 Å². The van der Waals surface area contributed by atoms with Crippen molar-refractivity contribution in [3.8, 4) is 0 Å². The highest BCUT2D eigenvalue weighted by atomic mass is 16.4. The maximum absolute atomic E-state index is 9.10. The van der Waals surface area contributed by atoms with E-state index in [4.69, 9.17) is 25.5 Å². The van der Waals surface area contributed by atoms with E-state index in [9.17, 15) is 0 Å². The molecule has 104 valence electrons. The topological polar surface area (TPSA) is 101 Å². The third-order valence-electron chi connectivity index (χ3n) is 3.52. The third kappa shape index (κ3) is 4.06. The molecule has 0 atom stereocenters. The van der Waals surface area contributed by atoms with Crippen LogP contribution in [0.25, 0.3) is 0 Å². The lowest BCUT2D eigenvalue weighted by molar-refractivity contribution is -0.159. The zero-order valence-corrected chi connectivity index (χ0v) is 10.7. The molecule has 0 radical (unpaired) electrons. The largest absolute Gasteiger partial charge is 0.473 e. The number of hydrogen-bond acceptors (Lipinski definition) is 3. The number of nitrogens with two attached hydrogens (primary N) is 1. The molecule has 1 fully saturated rings. The second kappa shape index (κ2) is 6.89. The van der Waals surface area contributed by atoms with Crippen molar-refractivity contribution in [2.24, 2.45) is 5.73 Å². The number of aliphatic carboxylic acids is 2. The molecular formula is C14H19NO4. The number of hydrogen-bond donors (Lipinski definition) is 3. The Bertz CT molecular complexity index is 412. The Hall–Kier alpha value is -1.88. The molecule has 0 heterocycles. The summed E-state index contributed by atoms with van der Waals surface area (Å²) in [4.78, 5) is 18.2. The van der Waals surface area contributed by atoms with Crippen molar-refractivity contribution in [3.05, 3.63) is 35.9 Å². The molecule has 0 amide bonds. The molecule has 5 nitrogen and oxygen atoms in total. The standard InChI is InChI=1S/C12H17N.C2H2O4/c13-10-12(8-4-5-9-12)11-6-2-1-3-7-11;3-1(4)2(5)6/h1-3,6-7H,4-5,8-10,13H2;(H,3,4)(H,5,6). The highest BCUT2D eigenvalue weighted by Crippen LogP contribution is 2.39. The minimum Gasteiger partial charge on any atom is -0.473 e. The van der Waals surface area contributed by atoms with Crippen molar-refractivity contribution in [1.29, 1.82) is 0 Å². The summed E-state index contributed by atoms with van der Waals surface area (Å²) >= 11 is 0. The van der Waals surface area contributed by atoms with Gasteiger partial charge in [-0.15, -0.1) is 0 Å². The molecule has 5 heteroatoms. The lowest BCUT2D eigenvalue weighted by atomic mass is 9.79. The molecule has 0 saturated heterocycles. The zero-order chi connectivity index (χ0) is 14.3. The van der Waals surface area contributed by atoms with Crippen molar-refractivity contribution in [3.63, 3.8) is 0 Å². The summed E-state index contributed by atoms with van der Waals surface area (Å²) in [5, 5.41) is 14.8. The van der Waals surface area contributed by atoms with Gasteiger partial charge in [-0.25, -0.2) is 9.59 Å². The maximum atomic E-state index is 9.10. The van der Waals surface area contributed by atoms with Gasteiger partial charge in [-0.2, -0.15) is 0 Å². The lowest BCUT2D eigenvalue weighted by Gasteiger charge is -2.27. The highest BCUT2D eigenvalue weighted by Gasteiger charge is 2.33. The molecule has 0 aliphatic heterocycles. The molecule has 0 spiro atoms. The average molecular weight is 265 g/mol. The summed E-state index contributed by atoms with van der Waals surface area (Å²) in [6.07, 6.45) is 5.22. The summed E-state index contributed by atoms with van der Waals surface area (Å²) in [6.45, 7) is 0.803. The molecular weight excluding hydrogens is 246 g/mol. The van der Waals surface area contributed by atoms with Gasteiger partial charge in [0.1, 0.15) is 0 Å². The molecule has 1 saturated carbocycles. The Morgan fingerprint density at radius 3 is 1.89 bits per heavy atom. The number of benzene rings is 1. The smallest absolute Gasteiger partial charge is 0.414 e. The third-order valence-corrected chi connectivity index (χ3v) is 3.52. The van der Waals surface area contributed by atoms with Gasteiger partial charge < -0.3 is 15.9 Å². The summed E-state index contributed by atoms with van der Waals surface area (Å²) in [7, 11) is 0. The number of carbonyl (C=O) groups is 2. The first-order valence-corrected chi connectivity index (χ1v) is 6.24. The van der Waals surface area contributed by atoms with Gasteiger partial charge in [0.15, 0.2) is 0 Å². The fourth-order valence-corrected chi connectivity index (χ4v) is 2.45. The molecule has 2 rings (SSSR count). The van der Waals surface area contributed by atoms with Crippen LogP contribution in [0.1, 0.15) is 31.2 Å². The van der Waals surface area contributed by atoms with Crippen LogP contribution in [0.4, 0.5) is 0 Å². The van der Waals surface area contributed by atoms with Gasteiger partial charge in [0.05, 0.1) is 0 Å². The number of carboxylic acid groups (broad SMARTS) is 2. The molecule has 1 aromatic carbocycles.